The third kappa shape index (κ3) is 4.91. The fourth-order valence-corrected chi connectivity index (χ4v) is 2.62. The number of para-hydroxylation sites is 1. The average molecular weight is 336 g/mol. The summed E-state index contributed by atoms with van der Waals surface area (Å²) in [6.45, 7) is 1.86. The molecule has 1 aliphatic rings. The number of hydrogen-bond acceptors (Lipinski definition) is 6. The van der Waals surface area contributed by atoms with Crippen molar-refractivity contribution in [2.75, 3.05) is 37.8 Å². The van der Waals surface area contributed by atoms with E-state index >= 15 is 0 Å². The monoisotopic (exact) mass is 336 g/mol. The summed E-state index contributed by atoms with van der Waals surface area (Å²) < 4.78 is 0. The van der Waals surface area contributed by atoms with Crippen LogP contribution in [-0.4, -0.2) is 42.1 Å². The first-order valence-corrected chi connectivity index (χ1v) is 8.69. The van der Waals surface area contributed by atoms with Crippen LogP contribution in [-0.2, 0) is 0 Å². The molecule has 0 unspecified atom stereocenters. The molecule has 2 N–H and O–H groups in total. The van der Waals surface area contributed by atoms with Crippen molar-refractivity contribution in [2.45, 2.75) is 25.2 Å². The maximum absolute atomic E-state index is 9.25. The van der Waals surface area contributed by atoms with Crippen molar-refractivity contribution in [3.8, 4) is 6.07 Å². The first kappa shape index (κ1) is 17.2. The van der Waals surface area contributed by atoms with Crippen molar-refractivity contribution in [3.63, 3.8) is 0 Å². The molecule has 0 radical (unpaired) electrons. The maximum atomic E-state index is 9.25. The molecule has 3 rings (SSSR count). The van der Waals surface area contributed by atoms with Crippen LogP contribution in [0.2, 0.25) is 0 Å². The molecule has 6 heteroatoms. The van der Waals surface area contributed by atoms with E-state index in [-0.39, 0.29) is 0 Å². The van der Waals surface area contributed by atoms with Crippen molar-refractivity contribution in [1.29, 1.82) is 5.26 Å². The number of nitrogens with zero attached hydrogens (tertiary/aromatic N) is 4. The van der Waals surface area contributed by atoms with Crippen LogP contribution in [0.25, 0.3) is 0 Å². The molecule has 6 nitrogen and oxygen atoms in total. The lowest BCUT2D eigenvalue weighted by atomic mass is 10.2. The smallest absolute Gasteiger partial charge is 0.224 e. The zero-order valence-electron chi connectivity index (χ0n) is 14.8. The van der Waals surface area contributed by atoms with E-state index in [1.54, 1.807) is 6.07 Å². The van der Waals surface area contributed by atoms with Gasteiger partial charge in [-0.25, -0.2) is 4.98 Å². The van der Waals surface area contributed by atoms with E-state index in [0.29, 0.717) is 17.4 Å². The van der Waals surface area contributed by atoms with Crippen LogP contribution < -0.4 is 10.6 Å². The molecular formula is C19H24N6. The van der Waals surface area contributed by atoms with Crippen LogP contribution in [0.5, 0.6) is 0 Å². The minimum Gasteiger partial charge on any atom is -0.354 e. The summed E-state index contributed by atoms with van der Waals surface area (Å²) in [7, 11) is 4.14. The first-order valence-electron chi connectivity index (χ1n) is 8.69. The normalized spacial score (nSPS) is 13.5. The van der Waals surface area contributed by atoms with Crippen LogP contribution in [0.1, 0.15) is 36.4 Å². The number of aromatic nitrogens is 2. The van der Waals surface area contributed by atoms with Gasteiger partial charge in [0.05, 0.1) is 16.9 Å². The molecule has 0 spiro atoms. The molecule has 0 saturated heterocycles. The largest absolute Gasteiger partial charge is 0.354 e. The predicted octanol–water partition coefficient (Wildman–Crippen LogP) is 3.33. The molecular weight excluding hydrogens is 312 g/mol. The summed E-state index contributed by atoms with van der Waals surface area (Å²) in [6.07, 6.45) is 3.40. The van der Waals surface area contributed by atoms with Gasteiger partial charge in [-0.1, -0.05) is 12.1 Å². The molecule has 0 amide bonds. The van der Waals surface area contributed by atoms with E-state index < -0.39 is 0 Å². The van der Waals surface area contributed by atoms with Crippen molar-refractivity contribution in [3.05, 3.63) is 41.6 Å². The zero-order valence-corrected chi connectivity index (χ0v) is 14.8. The van der Waals surface area contributed by atoms with Crippen LogP contribution in [0.3, 0.4) is 0 Å². The Kier molecular flexibility index (Phi) is 5.46. The van der Waals surface area contributed by atoms with Crippen LogP contribution in [0.15, 0.2) is 30.3 Å². The molecule has 1 aromatic heterocycles. The van der Waals surface area contributed by atoms with Gasteiger partial charge in [-0.15, -0.1) is 0 Å². The molecule has 0 aliphatic heterocycles. The van der Waals surface area contributed by atoms with E-state index in [9.17, 15) is 5.26 Å². The molecule has 1 saturated carbocycles. The highest BCUT2D eigenvalue weighted by molar-refractivity contribution is 5.65. The number of nitrogens with one attached hydrogen (secondary N) is 2. The minimum absolute atomic E-state index is 0.539. The van der Waals surface area contributed by atoms with Gasteiger partial charge in [0.25, 0.3) is 0 Å². The summed E-state index contributed by atoms with van der Waals surface area (Å²) in [5.41, 5.74) is 2.45. The molecule has 0 bridgehead atoms. The van der Waals surface area contributed by atoms with Crippen molar-refractivity contribution in [1.82, 2.24) is 14.9 Å². The summed E-state index contributed by atoms with van der Waals surface area (Å²) in [4.78, 5) is 11.4. The standard InChI is InChI=1S/C19H24N6/c1-25(2)11-5-10-21-19-23-17(14-8-9-14)12-18(24-19)22-16-7-4-3-6-15(16)13-20/h3-4,6-7,12,14H,5,8-11H2,1-2H3,(H2,21,22,23,24). The molecule has 0 atom stereocenters. The summed E-state index contributed by atoms with van der Waals surface area (Å²) in [5, 5.41) is 15.9. The Bertz CT molecular complexity index is 761. The number of benzene rings is 1. The van der Waals surface area contributed by atoms with E-state index in [4.69, 9.17) is 0 Å². The highest BCUT2D eigenvalue weighted by Crippen LogP contribution is 2.40. The molecule has 1 aromatic carbocycles. The number of nitriles is 1. The maximum Gasteiger partial charge on any atom is 0.224 e. The molecule has 130 valence electrons. The second-order valence-electron chi connectivity index (χ2n) is 6.64. The highest BCUT2D eigenvalue weighted by atomic mass is 15.1. The second kappa shape index (κ2) is 7.95. The van der Waals surface area contributed by atoms with Gasteiger partial charge < -0.3 is 15.5 Å². The van der Waals surface area contributed by atoms with Crippen LogP contribution in [0.4, 0.5) is 17.5 Å². The molecule has 1 fully saturated rings. The Morgan fingerprint density at radius 1 is 1.24 bits per heavy atom. The van der Waals surface area contributed by atoms with Gasteiger partial charge in [-0.2, -0.15) is 10.2 Å². The lowest BCUT2D eigenvalue weighted by Gasteiger charge is -2.13. The van der Waals surface area contributed by atoms with E-state index in [0.717, 1.165) is 36.7 Å². The topological polar surface area (TPSA) is 76.9 Å². The Hall–Kier alpha value is -2.65. The zero-order chi connectivity index (χ0) is 17.6. The Labute approximate surface area is 148 Å². The first-order chi connectivity index (χ1) is 12.2. The van der Waals surface area contributed by atoms with Gasteiger partial charge >= 0.3 is 0 Å². The summed E-state index contributed by atoms with van der Waals surface area (Å²) in [5.74, 6) is 1.92. The Morgan fingerprint density at radius 3 is 2.76 bits per heavy atom. The Morgan fingerprint density at radius 2 is 2.04 bits per heavy atom. The number of rotatable bonds is 8. The fraction of sp³-hybridized carbons (Fsp3) is 0.421. The predicted molar refractivity (Wildman–Crippen MR) is 100 cm³/mol. The van der Waals surface area contributed by atoms with Gasteiger partial charge in [0.15, 0.2) is 0 Å². The lowest BCUT2D eigenvalue weighted by Crippen LogP contribution is -2.17. The van der Waals surface area contributed by atoms with Gasteiger partial charge in [0.2, 0.25) is 5.95 Å². The van der Waals surface area contributed by atoms with Crippen molar-refractivity contribution >= 4 is 17.5 Å². The molecule has 1 aliphatic carbocycles. The summed E-state index contributed by atoms with van der Waals surface area (Å²) in [6, 6.07) is 11.7. The van der Waals surface area contributed by atoms with Gasteiger partial charge in [-0.05, 0) is 52.0 Å². The van der Waals surface area contributed by atoms with E-state index in [1.807, 2.05) is 24.3 Å². The van der Waals surface area contributed by atoms with Crippen molar-refractivity contribution in [2.24, 2.45) is 0 Å². The second-order valence-corrected chi connectivity index (χ2v) is 6.64. The number of hydrogen-bond donors (Lipinski definition) is 2. The van der Waals surface area contributed by atoms with E-state index in [1.165, 1.54) is 12.8 Å². The fourth-order valence-electron chi connectivity index (χ4n) is 2.62. The van der Waals surface area contributed by atoms with Crippen LogP contribution in [0, 0.1) is 11.3 Å². The summed E-state index contributed by atoms with van der Waals surface area (Å²) >= 11 is 0. The molecule has 2 aromatic rings. The Balaban J connectivity index is 1.75. The van der Waals surface area contributed by atoms with Crippen molar-refractivity contribution < 1.29 is 0 Å². The highest BCUT2D eigenvalue weighted by Gasteiger charge is 2.26. The van der Waals surface area contributed by atoms with Gasteiger partial charge in [0.1, 0.15) is 11.9 Å². The minimum atomic E-state index is 0.539. The molecule has 25 heavy (non-hydrogen) atoms. The molecule has 1 heterocycles. The van der Waals surface area contributed by atoms with Crippen LogP contribution >= 0.6 is 0 Å². The quantitative estimate of drug-likeness (QED) is 0.720. The SMILES string of the molecule is CN(C)CCCNc1nc(Nc2ccccc2C#N)cc(C2CC2)n1. The van der Waals surface area contributed by atoms with Gasteiger partial charge in [-0.3, -0.25) is 0 Å². The number of anilines is 3. The average Bonchev–Trinajstić information content (AvgIpc) is 3.44. The van der Waals surface area contributed by atoms with E-state index in [2.05, 4.69) is 45.7 Å². The lowest BCUT2D eigenvalue weighted by molar-refractivity contribution is 0.405. The third-order valence-electron chi connectivity index (χ3n) is 4.12. The third-order valence-corrected chi connectivity index (χ3v) is 4.12. The van der Waals surface area contributed by atoms with Gasteiger partial charge in [0, 0.05) is 18.5 Å².